The van der Waals surface area contributed by atoms with Crippen LogP contribution in [-0.4, -0.2) is 11.0 Å². The van der Waals surface area contributed by atoms with Crippen LogP contribution in [0.5, 0.6) is 0 Å². The molecule has 0 bridgehead atoms. The summed E-state index contributed by atoms with van der Waals surface area (Å²) in [5.74, 6) is 0.274. The fourth-order valence-electron chi connectivity index (χ4n) is 5.09. The second-order valence-corrected chi connectivity index (χ2v) is 9.00. The van der Waals surface area contributed by atoms with Gasteiger partial charge >= 0.3 is 0 Å². The summed E-state index contributed by atoms with van der Waals surface area (Å²) in [6, 6.07) is 38.6. The van der Waals surface area contributed by atoms with Crippen molar-refractivity contribution in [2.24, 2.45) is 5.92 Å². The zero-order valence-corrected chi connectivity index (χ0v) is 19.1. The van der Waals surface area contributed by atoms with Gasteiger partial charge in [0.2, 0.25) is 5.91 Å². The van der Waals surface area contributed by atoms with Gasteiger partial charge in [0, 0.05) is 12.1 Å². The predicted octanol–water partition coefficient (Wildman–Crippen LogP) is 6.96. The Hall–Kier alpha value is -3.69. The van der Waals surface area contributed by atoms with Gasteiger partial charge in [0.15, 0.2) is 0 Å². The van der Waals surface area contributed by atoms with E-state index in [9.17, 15) is 9.90 Å². The summed E-state index contributed by atoms with van der Waals surface area (Å²) in [7, 11) is 0. The van der Waals surface area contributed by atoms with Crippen molar-refractivity contribution >= 4 is 11.6 Å². The highest BCUT2D eigenvalue weighted by Crippen LogP contribution is 2.44. The van der Waals surface area contributed by atoms with Gasteiger partial charge in [-0.25, -0.2) is 0 Å². The van der Waals surface area contributed by atoms with E-state index < -0.39 is 6.10 Å². The van der Waals surface area contributed by atoms with Crippen LogP contribution in [0.3, 0.4) is 0 Å². The second kappa shape index (κ2) is 10.1. The van der Waals surface area contributed by atoms with Crippen molar-refractivity contribution in [1.82, 2.24) is 0 Å². The van der Waals surface area contributed by atoms with Gasteiger partial charge in [0.1, 0.15) is 0 Å². The number of anilines is 1. The van der Waals surface area contributed by atoms with E-state index >= 15 is 0 Å². The molecule has 1 heterocycles. The molecule has 0 saturated carbocycles. The van der Waals surface area contributed by atoms with Crippen LogP contribution in [-0.2, 0) is 4.79 Å². The maximum absolute atomic E-state index is 13.2. The van der Waals surface area contributed by atoms with Crippen molar-refractivity contribution in [3.63, 3.8) is 0 Å². The van der Waals surface area contributed by atoms with Crippen LogP contribution in [0.4, 0.5) is 5.69 Å². The van der Waals surface area contributed by atoms with Crippen LogP contribution in [0, 0.1) is 5.92 Å². The molecule has 4 aromatic rings. The summed E-state index contributed by atoms with van der Waals surface area (Å²) in [5.41, 5.74) is 5.33. The average molecular weight is 448 g/mol. The summed E-state index contributed by atoms with van der Waals surface area (Å²) < 4.78 is 0. The molecule has 5 rings (SSSR count). The van der Waals surface area contributed by atoms with Crippen molar-refractivity contribution < 1.29 is 9.90 Å². The SMILES string of the molecule is O=C1CC(CCC(O)c2ccccc2)C(c2ccc(-c3ccccc3)cc2)N1c1ccccc1. The number of aliphatic hydroxyl groups excluding tert-OH is 1. The molecule has 1 aliphatic rings. The smallest absolute Gasteiger partial charge is 0.227 e. The molecule has 1 amide bonds. The van der Waals surface area contributed by atoms with E-state index in [1.807, 2.05) is 83.8 Å². The Bertz CT molecular complexity index is 1210. The number of carbonyl (C=O) groups is 1. The summed E-state index contributed by atoms with van der Waals surface area (Å²) in [6.07, 6.45) is 1.36. The molecule has 34 heavy (non-hydrogen) atoms. The van der Waals surface area contributed by atoms with Crippen LogP contribution in [0.2, 0.25) is 0 Å². The van der Waals surface area contributed by atoms with Gasteiger partial charge < -0.3 is 10.0 Å². The third-order valence-electron chi connectivity index (χ3n) is 6.82. The van der Waals surface area contributed by atoms with Crippen LogP contribution >= 0.6 is 0 Å². The molecule has 1 saturated heterocycles. The number of hydrogen-bond acceptors (Lipinski definition) is 2. The lowest BCUT2D eigenvalue weighted by molar-refractivity contribution is -0.117. The number of nitrogens with zero attached hydrogens (tertiary/aromatic N) is 1. The lowest BCUT2D eigenvalue weighted by Gasteiger charge is -2.29. The van der Waals surface area contributed by atoms with Crippen LogP contribution in [0.25, 0.3) is 11.1 Å². The minimum absolute atomic E-state index is 0.0531. The standard InChI is InChI=1S/C31H29NO2/c33-29(25-12-6-2-7-13-25)21-20-27-22-30(34)32(28-14-8-3-9-15-28)31(27)26-18-16-24(17-19-26)23-10-4-1-5-11-23/h1-19,27,29,31,33H,20-22H2. The fourth-order valence-corrected chi connectivity index (χ4v) is 5.09. The first kappa shape index (κ1) is 22.1. The average Bonchev–Trinajstić information content (AvgIpc) is 3.24. The highest BCUT2D eigenvalue weighted by atomic mass is 16.3. The highest BCUT2D eigenvalue weighted by molar-refractivity contribution is 5.97. The molecule has 0 aliphatic carbocycles. The molecular weight excluding hydrogens is 418 g/mol. The minimum Gasteiger partial charge on any atom is -0.388 e. The quantitative estimate of drug-likeness (QED) is 0.333. The molecular formula is C31H29NO2. The van der Waals surface area contributed by atoms with Crippen molar-refractivity contribution in [2.75, 3.05) is 4.90 Å². The third kappa shape index (κ3) is 4.66. The van der Waals surface area contributed by atoms with E-state index in [-0.39, 0.29) is 17.9 Å². The Morgan fingerprint density at radius 1 is 0.735 bits per heavy atom. The number of amides is 1. The lowest BCUT2D eigenvalue weighted by atomic mass is 9.87. The molecule has 3 atom stereocenters. The topological polar surface area (TPSA) is 40.5 Å². The van der Waals surface area contributed by atoms with Crippen molar-refractivity contribution in [3.8, 4) is 11.1 Å². The Morgan fingerprint density at radius 2 is 1.29 bits per heavy atom. The molecule has 4 aromatic carbocycles. The summed E-state index contributed by atoms with van der Waals surface area (Å²) in [4.78, 5) is 15.2. The van der Waals surface area contributed by atoms with Crippen LogP contribution in [0.15, 0.2) is 115 Å². The molecule has 0 spiro atoms. The maximum Gasteiger partial charge on any atom is 0.227 e. The highest BCUT2D eigenvalue weighted by Gasteiger charge is 2.41. The number of para-hydroxylation sites is 1. The molecule has 0 radical (unpaired) electrons. The number of carbonyl (C=O) groups excluding carboxylic acids is 1. The number of hydrogen-bond donors (Lipinski definition) is 1. The van der Waals surface area contributed by atoms with E-state index in [4.69, 9.17) is 0 Å². The molecule has 1 aliphatic heterocycles. The molecule has 3 heteroatoms. The van der Waals surface area contributed by atoms with E-state index in [2.05, 4.69) is 36.4 Å². The number of benzene rings is 4. The minimum atomic E-state index is -0.525. The van der Waals surface area contributed by atoms with Crippen LogP contribution < -0.4 is 4.90 Å². The van der Waals surface area contributed by atoms with Gasteiger partial charge in [-0.15, -0.1) is 0 Å². The summed E-state index contributed by atoms with van der Waals surface area (Å²) in [6.45, 7) is 0. The number of rotatable bonds is 7. The first-order valence-electron chi connectivity index (χ1n) is 12.0. The third-order valence-corrected chi connectivity index (χ3v) is 6.82. The van der Waals surface area contributed by atoms with Crippen molar-refractivity contribution in [2.45, 2.75) is 31.4 Å². The molecule has 1 fully saturated rings. The van der Waals surface area contributed by atoms with Crippen molar-refractivity contribution in [1.29, 1.82) is 0 Å². The van der Waals surface area contributed by atoms with Gasteiger partial charge in [-0.1, -0.05) is 103 Å². The predicted molar refractivity (Wildman–Crippen MR) is 137 cm³/mol. The maximum atomic E-state index is 13.2. The van der Waals surface area contributed by atoms with Gasteiger partial charge in [-0.3, -0.25) is 4.79 Å². The van der Waals surface area contributed by atoms with Gasteiger partial charge in [-0.05, 0) is 53.1 Å². The monoisotopic (exact) mass is 447 g/mol. The van der Waals surface area contributed by atoms with E-state index in [0.29, 0.717) is 12.8 Å². The Morgan fingerprint density at radius 3 is 1.94 bits per heavy atom. The zero-order chi connectivity index (χ0) is 23.3. The molecule has 3 nitrogen and oxygen atoms in total. The number of aliphatic hydroxyl groups is 1. The van der Waals surface area contributed by atoms with E-state index in [0.717, 1.165) is 28.8 Å². The largest absolute Gasteiger partial charge is 0.388 e. The van der Waals surface area contributed by atoms with E-state index in [1.165, 1.54) is 5.56 Å². The molecule has 1 N–H and O–H groups in total. The molecule has 3 unspecified atom stereocenters. The van der Waals surface area contributed by atoms with E-state index in [1.54, 1.807) is 0 Å². The van der Waals surface area contributed by atoms with Crippen molar-refractivity contribution in [3.05, 3.63) is 126 Å². The second-order valence-electron chi connectivity index (χ2n) is 9.00. The normalized spacial score (nSPS) is 18.7. The zero-order valence-electron chi connectivity index (χ0n) is 19.1. The van der Waals surface area contributed by atoms with Gasteiger partial charge in [0.25, 0.3) is 0 Å². The first-order chi connectivity index (χ1) is 16.7. The Balaban J connectivity index is 1.43. The summed E-state index contributed by atoms with van der Waals surface area (Å²) >= 11 is 0. The fraction of sp³-hybridized carbons (Fsp3) is 0.194. The van der Waals surface area contributed by atoms with Gasteiger partial charge in [0.05, 0.1) is 12.1 Å². The Kier molecular flexibility index (Phi) is 6.55. The molecule has 170 valence electrons. The first-order valence-corrected chi connectivity index (χ1v) is 12.0. The Labute approximate surface area is 201 Å². The van der Waals surface area contributed by atoms with Gasteiger partial charge in [-0.2, -0.15) is 0 Å². The van der Waals surface area contributed by atoms with Crippen LogP contribution in [0.1, 0.15) is 42.5 Å². The summed E-state index contributed by atoms with van der Waals surface area (Å²) in [5, 5.41) is 10.8. The lowest BCUT2D eigenvalue weighted by Crippen LogP contribution is -2.28. The molecule has 0 aromatic heterocycles.